The molecule has 24 heavy (non-hydrogen) atoms. The second-order valence-corrected chi connectivity index (χ2v) is 6.71. The smallest absolute Gasteiger partial charge is 0.428 e. The van der Waals surface area contributed by atoms with Gasteiger partial charge in [0.2, 0.25) is 0 Å². The first-order valence-electron chi connectivity index (χ1n) is 7.58. The lowest BCUT2D eigenvalue weighted by molar-refractivity contribution is -0.253. The molecule has 0 bridgehead atoms. The maximum atomic E-state index is 13.1. The highest BCUT2D eigenvalue weighted by Crippen LogP contribution is 2.37. The van der Waals surface area contributed by atoms with Gasteiger partial charge in [-0.25, -0.2) is 0 Å². The van der Waals surface area contributed by atoms with Crippen LogP contribution in [0.5, 0.6) is 5.75 Å². The summed E-state index contributed by atoms with van der Waals surface area (Å²) >= 11 is 3.54. The average Bonchev–Trinajstić information content (AvgIpc) is 2.54. The van der Waals surface area contributed by atoms with Crippen LogP contribution >= 0.6 is 15.9 Å². The monoisotopic (exact) mass is 402 g/mol. The summed E-state index contributed by atoms with van der Waals surface area (Å²) in [4.78, 5) is 0. The summed E-state index contributed by atoms with van der Waals surface area (Å²) in [6, 6.07) is 12.1. The van der Waals surface area contributed by atoms with E-state index in [1.165, 1.54) is 23.3 Å². The lowest BCUT2D eigenvalue weighted by atomic mass is 9.80. The van der Waals surface area contributed by atoms with E-state index in [1.54, 1.807) is 6.07 Å². The van der Waals surface area contributed by atoms with E-state index in [4.69, 9.17) is 0 Å². The highest BCUT2D eigenvalue weighted by Gasteiger charge is 2.44. The highest BCUT2D eigenvalue weighted by atomic mass is 79.9. The Hall–Kier alpha value is -1.56. The van der Waals surface area contributed by atoms with Crippen molar-refractivity contribution >= 4 is 15.9 Å². The minimum Gasteiger partial charge on any atom is -0.428 e. The Morgan fingerprint density at radius 2 is 1.88 bits per heavy atom. The van der Waals surface area contributed by atoms with Gasteiger partial charge in [-0.05, 0) is 60.1 Å². The van der Waals surface area contributed by atoms with Crippen molar-refractivity contribution in [3.05, 3.63) is 63.6 Å². The van der Waals surface area contributed by atoms with Crippen LogP contribution in [0.4, 0.5) is 17.6 Å². The van der Waals surface area contributed by atoms with Crippen molar-refractivity contribution in [2.24, 2.45) is 0 Å². The average molecular weight is 403 g/mol. The van der Waals surface area contributed by atoms with Crippen LogP contribution in [0.1, 0.15) is 29.0 Å². The largest absolute Gasteiger partial charge is 0.461 e. The maximum Gasteiger partial charge on any atom is 0.461 e. The fourth-order valence-electron chi connectivity index (χ4n) is 3.08. The lowest BCUT2D eigenvalue weighted by Crippen LogP contribution is -2.33. The summed E-state index contributed by atoms with van der Waals surface area (Å²) in [5, 5.41) is 0. The van der Waals surface area contributed by atoms with Crippen LogP contribution in [-0.4, -0.2) is 12.5 Å². The molecule has 3 rings (SSSR count). The van der Waals surface area contributed by atoms with Gasteiger partial charge in [-0.2, -0.15) is 17.6 Å². The molecule has 0 saturated heterocycles. The molecule has 0 amide bonds. The number of hydrogen-bond acceptors (Lipinski definition) is 1. The zero-order valence-electron chi connectivity index (χ0n) is 12.6. The Labute approximate surface area is 145 Å². The van der Waals surface area contributed by atoms with Crippen LogP contribution < -0.4 is 4.74 Å². The Balaban J connectivity index is 1.80. The Morgan fingerprint density at radius 3 is 2.62 bits per heavy atom. The summed E-state index contributed by atoms with van der Waals surface area (Å²) in [5.41, 5.74) is 3.30. The van der Waals surface area contributed by atoms with Gasteiger partial charge in [-0.3, -0.25) is 0 Å². The molecule has 2 aromatic rings. The molecule has 1 aliphatic rings. The number of fused-ring (bicyclic) bond motifs is 1. The second kappa shape index (κ2) is 6.75. The number of rotatable bonds is 4. The van der Waals surface area contributed by atoms with Crippen LogP contribution in [0, 0.1) is 0 Å². The molecule has 0 spiro atoms. The summed E-state index contributed by atoms with van der Waals surface area (Å²) < 4.78 is 56.0. The van der Waals surface area contributed by atoms with E-state index in [2.05, 4.69) is 26.7 Å². The summed E-state index contributed by atoms with van der Waals surface area (Å²) in [7, 11) is 0. The molecular formula is C18H15BrF4O. The first kappa shape index (κ1) is 17.3. The molecule has 1 nitrogen and oxygen atoms in total. The third kappa shape index (κ3) is 3.58. The van der Waals surface area contributed by atoms with E-state index >= 15 is 0 Å². The summed E-state index contributed by atoms with van der Waals surface area (Å²) in [6.45, 7) is 0. The molecule has 0 aliphatic heterocycles. The minimum absolute atomic E-state index is 0.149. The van der Waals surface area contributed by atoms with Crippen LogP contribution in [0.2, 0.25) is 0 Å². The van der Waals surface area contributed by atoms with Crippen LogP contribution in [0.25, 0.3) is 0 Å². The van der Waals surface area contributed by atoms with E-state index in [-0.39, 0.29) is 11.7 Å². The Morgan fingerprint density at radius 1 is 1.12 bits per heavy atom. The van der Waals surface area contributed by atoms with E-state index in [9.17, 15) is 17.6 Å². The molecule has 1 atom stereocenters. The summed E-state index contributed by atoms with van der Waals surface area (Å²) in [5.74, 6) is -0.0895. The first-order valence-corrected chi connectivity index (χ1v) is 8.37. The molecule has 0 fully saturated rings. The molecule has 6 heteroatoms. The van der Waals surface area contributed by atoms with Crippen molar-refractivity contribution in [2.45, 2.75) is 37.7 Å². The maximum absolute atomic E-state index is 13.1. The Kier molecular flexibility index (Phi) is 4.85. The minimum atomic E-state index is -4.48. The van der Waals surface area contributed by atoms with Crippen LogP contribution in [0.3, 0.4) is 0 Å². The van der Waals surface area contributed by atoms with Gasteiger partial charge in [0.1, 0.15) is 5.75 Å². The molecule has 128 valence electrons. The normalized spacial score (nSPS) is 17.7. The molecule has 0 aromatic heterocycles. The number of benzene rings is 2. The zero-order valence-corrected chi connectivity index (χ0v) is 14.2. The molecule has 1 aliphatic carbocycles. The predicted molar refractivity (Wildman–Crippen MR) is 86.9 cm³/mol. The van der Waals surface area contributed by atoms with Gasteiger partial charge in [0.15, 0.2) is 0 Å². The first-order chi connectivity index (χ1) is 11.4. The molecule has 0 radical (unpaired) electrons. The molecule has 0 N–H and O–H groups in total. The quantitative estimate of drug-likeness (QED) is 0.573. The lowest BCUT2D eigenvalue weighted by Gasteiger charge is -2.26. The van der Waals surface area contributed by atoms with Gasteiger partial charge in [0.05, 0.1) is 0 Å². The van der Waals surface area contributed by atoms with E-state index in [0.717, 1.165) is 29.3 Å². The van der Waals surface area contributed by atoms with Crippen molar-refractivity contribution in [3.8, 4) is 5.75 Å². The number of ether oxygens (including phenoxy) is 1. The van der Waals surface area contributed by atoms with Gasteiger partial charge in [-0.1, -0.05) is 40.2 Å². The second-order valence-electron chi connectivity index (χ2n) is 5.85. The van der Waals surface area contributed by atoms with Gasteiger partial charge >= 0.3 is 12.5 Å². The molecular weight excluding hydrogens is 388 g/mol. The molecule has 0 heterocycles. The van der Waals surface area contributed by atoms with Gasteiger partial charge < -0.3 is 4.74 Å². The third-order valence-electron chi connectivity index (χ3n) is 4.26. The Bertz CT molecular complexity index is 733. The standard InChI is InChI=1S/C18H15BrF4O/c19-16-6-2-4-13-9-12(7-8-15(13)16)11-3-1-5-14(10-11)24-18(22,23)17(20)21/h1-6,10,12,17H,7-9H2/t12-/m0/s1. The van der Waals surface area contributed by atoms with Crippen molar-refractivity contribution in [1.29, 1.82) is 0 Å². The zero-order chi connectivity index (χ0) is 17.3. The topological polar surface area (TPSA) is 9.23 Å². The predicted octanol–water partition coefficient (Wildman–Crippen LogP) is 5.96. The highest BCUT2D eigenvalue weighted by molar-refractivity contribution is 9.10. The SMILES string of the molecule is FC(F)C(F)(F)Oc1cccc([C@H]2CCc3c(Br)cccc3C2)c1. The van der Waals surface area contributed by atoms with Crippen molar-refractivity contribution < 1.29 is 22.3 Å². The van der Waals surface area contributed by atoms with Gasteiger partial charge in [-0.15, -0.1) is 0 Å². The van der Waals surface area contributed by atoms with E-state index < -0.39 is 12.5 Å². The number of alkyl halides is 4. The van der Waals surface area contributed by atoms with Crippen molar-refractivity contribution in [3.63, 3.8) is 0 Å². The number of hydrogen-bond donors (Lipinski definition) is 0. The van der Waals surface area contributed by atoms with E-state index in [1.807, 2.05) is 18.2 Å². The fourth-order valence-corrected chi connectivity index (χ4v) is 3.68. The van der Waals surface area contributed by atoms with Crippen LogP contribution in [0.15, 0.2) is 46.9 Å². The molecule has 0 saturated carbocycles. The fraction of sp³-hybridized carbons (Fsp3) is 0.333. The molecule has 2 aromatic carbocycles. The van der Waals surface area contributed by atoms with Crippen molar-refractivity contribution in [1.82, 2.24) is 0 Å². The molecule has 0 unspecified atom stereocenters. The third-order valence-corrected chi connectivity index (χ3v) is 5.01. The van der Waals surface area contributed by atoms with E-state index in [0.29, 0.717) is 0 Å². The summed E-state index contributed by atoms with van der Waals surface area (Å²) in [6.07, 6.45) is -5.82. The van der Waals surface area contributed by atoms with Crippen molar-refractivity contribution in [2.75, 3.05) is 0 Å². The van der Waals surface area contributed by atoms with Gasteiger partial charge in [0.25, 0.3) is 0 Å². The number of halogens is 5. The van der Waals surface area contributed by atoms with Crippen LogP contribution in [-0.2, 0) is 12.8 Å². The van der Waals surface area contributed by atoms with Gasteiger partial charge in [0, 0.05) is 4.47 Å².